The molecule has 0 atom stereocenters. The first-order valence-electron chi connectivity index (χ1n) is 14.5. The lowest BCUT2D eigenvalue weighted by Crippen LogP contribution is -2.17. The van der Waals surface area contributed by atoms with Crippen molar-refractivity contribution in [2.45, 2.75) is 0 Å². The summed E-state index contributed by atoms with van der Waals surface area (Å²) in [5.41, 5.74) is 8.93. The number of anilines is 3. The highest BCUT2D eigenvalue weighted by atomic mass is 16.5. The van der Waals surface area contributed by atoms with E-state index in [-0.39, 0.29) is 0 Å². The van der Waals surface area contributed by atoms with E-state index >= 15 is 0 Å². The molecule has 0 fully saturated rings. The molecular weight excluding hydrogens is 540 g/mol. The Balaban J connectivity index is 1.22. The molecule has 5 heteroatoms. The van der Waals surface area contributed by atoms with Crippen LogP contribution in [0.4, 0.5) is 17.2 Å². The first-order chi connectivity index (χ1) is 21.8. The highest BCUT2D eigenvalue weighted by molar-refractivity contribution is 5.86. The summed E-state index contributed by atoms with van der Waals surface area (Å²) in [6, 6.07) is 51.4. The summed E-state index contributed by atoms with van der Waals surface area (Å²) in [6.45, 7) is 0. The van der Waals surface area contributed by atoms with Crippen molar-refractivity contribution in [1.29, 1.82) is 0 Å². The van der Waals surface area contributed by atoms with Gasteiger partial charge in [-0.25, -0.2) is 15.0 Å². The van der Waals surface area contributed by atoms with Gasteiger partial charge in [-0.05, 0) is 59.7 Å². The molecule has 2 aromatic heterocycles. The van der Waals surface area contributed by atoms with Crippen molar-refractivity contribution < 1.29 is 4.74 Å². The van der Waals surface area contributed by atoms with Crippen molar-refractivity contribution in [3.05, 3.63) is 158 Å². The van der Waals surface area contributed by atoms with Crippen molar-refractivity contribution in [2.75, 3.05) is 4.90 Å². The molecule has 0 unspecified atom stereocenters. The van der Waals surface area contributed by atoms with Gasteiger partial charge in [0.05, 0.1) is 17.1 Å². The number of hydrogen-bond acceptors (Lipinski definition) is 5. The molecular formula is C39H26N4O. The van der Waals surface area contributed by atoms with E-state index in [9.17, 15) is 0 Å². The Bertz CT molecular complexity index is 2010. The van der Waals surface area contributed by atoms with Gasteiger partial charge in [0.1, 0.15) is 0 Å². The van der Waals surface area contributed by atoms with Crippen LogP contribution in [0, 0.1) is 0 Å². The van der Waals surface area contributed by atoms with Gasteiger partial charge in [0, 0.05) is 28.6 Å². The van der Waals surface area contributed by atoms with E-state index in [1.807, 2.05) is 66.7 Å². The maximum atomic E-state index is 6.17. The van der Waals surface area contributed by atoms with E-state index in [1.165, 1.54) is 0 Å². The fraction of sp³-hybridized carbons (Fsp3) is 0. The van der Waals surface area contributed by atoms with E-state index < -0.39 is 0 Å². The molecule has 5 aromatic carbocycles. The minimum absolute atomic E-state index is 0.684. The fourth-order valence-corrected chi connectivity index (χ4v) is 5.60. The minimum Gasteiger partial charge on any atom is -0.451 e. The second kappa shape index (κ2) is 11.0. The first kappa shape index (κ1) is 25.6. The van der Waals surface area contributed by atoms with Gasteiger partial charge in [-0.2, -0.15) is 0 Å². The Morgan fingerprint density at radius 1 is 0.455 bits per heavy atom. The maximum absolute atomic E-state index is 6.17. The number of nitrogens with zero attached hydrogens (tertiary/aromatic N) is 4. The molecule has 1 aliphatic rings. The Labute approximate surface area is 255 Å². The number of para-hydroxylation sites is 2. The number of fused-ring (bicyclic) bond motifs is 2. The third-order valence-corrected chi connectivity index (χ3v) is 7.71. The van der Waals surface area contributed by atoms with Gasteiger partial charge in [-0.3, -0.25) is 4.90 Å². The van der Waals surface area contributed by atoms with Crippen LogP contribution in [-0.4, -0.2) is 15.0 Å². The van der Waals surface area contributed by atoms with Gasteiger partial charge in [-0.15, -0.1) is 0 Å². The topological polar surface area (TPSA) is 51.1 Å². The maximum Gasteiger partial charge on any atom is 0.181 e. The highest BCUT2D eigenvalue weighted by Crippen LogP contribution is 2.49. The molecule has 0 radical (unpaired) electrons. The van der Waals surface area contributed by atoms with Crippen LogP contribution in [0.15, 0.2) is 158 Å². The summed E-state index contributed by atoms with van der Waals surface area (Å²) < 4.78 is 6.17. The Hall–Kier alpha value is -6.07. The molecule has 5 nitrogen and oxygen atoms in total. The van der Waals surface area contributed by atoms with E-state index in [1.54, 1.807) is 6.20 Å². The van der Waals surface area contributed by atoms with E-state index in [4.69, 9.17) is 14.7 Å². The van der Waals surface area contributed by atoms with Crippen LogP contribution in [0.2, 0.25) is 0 Å². The number of pyridine rings is 1. The zero-order valence-corrected chi connectivity index (χ0v) is 23.7. The van der Waals surface area contributed by atoms with Crippen LogP contribution < -0.4 is 9.64 Å². The smallest absolute Gasteiger partial charge is 0.181 e. The van der Waals surface area contributed by atoms with Crippen LogP contribution in [0.5, 0.6) is 11.5 Å². The molecule has 0 saturated carbocycles. The first-order valence-corrected chi connectivity index (χ1v) is 14.5. The zero-order chi connectivity index (χ0) is 29.3. The van der Waals surface area contributed by atoms with Crippen molar-refractivity contribution in [3.8, 4) is 56.5 Å². The highest BCUT2D eigenvalue weighted by Gasteiger charge is 2.26. The zero-order valence-electron chi connectivity index (χ0n) is 23.7. The largest absolute Gasteiger partial charge is 0.451 e. The molecule has 0 aliphatic carbocycles. The summed E-state index contributed by atoms with van der Waals surface area (Å²) in [5.74, 6) is 2.97. The third kappa shape index (κ3) is 4.76. The Morgan fingerprint density at radius 3 is 1.80 bits per heavy atom. The summed E-state index contributed by atoms with van der Waals surface area (Å²) in [4.78, 5) is 16.9. The molecule has 0 amide bonds. The van der Waals surface area contributed by atoms with Gasteiger partial charge in [0.2, 0.25) is 0 Å². The summed E-state index contributed by atoms with van der Waals surface area (Å²) >= 11 is 0. The van der Waals surface area contributed by atoms with E-state index in [0.29, 0.717) is 5.82 Å². The average molecular weight is 567 g/mol. The van der Waals surface area contributed by atoms with Gasteiger partial charge < -0.3 is 4.74 Å². The van der Waals surface area contributed by atoms with Gasteiger partial charge in [0.25, 0.3) is 0 Å². The monoisotopic (exact) mass is 566 g/mol. The number of rotatable bonds is 5. The normalized spacial score (nSPS) is 11.8. The quantitative estimate of drug-likeness (QED) is 0.207. The lowest BCUT2D eigenvalue weighted by molar-refractivity contribution is 0.474. The number of hydrogen-bond donors (Lipinski definition) is 0. The van der Waals surface area contributed by atoms with E-state index in [2.05, 4.69) is 94.8 Å². The van der Waals surface area contributed by atoms with Crippen LogP contribution >= 0.6 is 0 Å². The van der Waals surface area contributed by atoms with Crippen molar-refractivity contribution in [3.63, 3.8) is 0 Å². The Kier molecular flexibility index (Phi) is 6.39. The molecule has 0 bridgehead atoms. The SMILES string of the molecule is c1ccc(-c2cc(-c3ccccc3)nc(-c3cccc(-c4cccc(N5c6ccccc6Oc6cccnc65)c4)c3)n2)cc1. The van der Waals surface area contributed by atoms with Gasteiger partial charge in [-0.1, -0.05) is 103 Å². The number of ether oxygens (including phenoxy) is 1. The summed E-state index contributed by atoms with van der Waals surface area (Å²) in [6.07, 6.45) is 1.80. The van der Waals surface area contributed by atoms with Crippen LogP contribution in [0.25, 0.3) is 45.0 Å². The number of benzene rings is 5. The van der Waals surface area contributed by atoms with Crippen LogP contribution in [0.3, 0.4) is 0 Å². The average Bonchev–Trinajstić information content (AvgIpc) is 3.11. The molecule has 0 spiro atoms. The molecule has 3 heterocycles. The number of aromatic nitrogens is 3. The molecule has 1 aliphatic heterocycles. The molecule has 0 N–H and O–H groups in total. The predicted molar refractivity (Wildman–Crippen MR) is 176 cm³/mol. The second-order valence-corrected chi connectivity index (χ2v) is 10.6. The second-order valence-electron chi connectivity index (χ2n) is 10.6. The van der Waals surface area contributed by atoms with Crippen LogP contribution in [-0.2, 0) is 0 Å². The summed E-state index contributed by atoms with van der Waals surface area (Å²) in [7, 11) is 0. The fourth-order valence-electron chi connectivity index (χ4n) is 5.60. The molecule has 208 valence electrons. The molecule has 8 rings (SSSR count). The van der Waals surface area contributed by atoms with Gasteiger partial charge in [0.15, 0.2) is 23.1 Å². The van der Waals surface area contributed by atoms with Crippen molar-refractivity contribution in [1.82, 2.24) is 15.0 Å². The van der Waals surface area contributed by atoms with Gasteiger partial charge >= 0.3 is 0 Å². The molecule has 0 saturated heterocycles. The lowest BCUT2D eigenvalue weighted by Gasteiger charge is -2.31. The lowest BCUT2D eigenvalue weighted by atomic mass is 10.0. The third-order valence-electron chi connectivity index (χ3n) is 7.71. The standard InChI is InChI=1S/C39H26N4O/c1-3-12-27(13-4-1)33-26-34(28-14-5-2-6-15-28)42-38(41-33)31-18-9-16-29(24-31)30-17-10-19-32(25-30)43-35-20-7-8-21-36(35)44-37-22-11-23-40-39(37)43/h1-26H. The minimum atomic E-state index is 0.684. The van der Waals surface area contributed by atoms with Crippen molar-refractivity contribution in [2.24, 2.45) is 0 Å². The van der Waals surface area contributed by atoms with Crippen molar-refractivity contribution >= 4 is 17.2 Å². The van der Waals surface area contributed by atoms with E-state index in [0.717, 1.165) is 67.9 Å². The molecule has 44 heavy (non-hydrogen) atoms. The summed E-state index contributed by atoms with van der Waals surface area (Å²) in [5, 5.41) is 0. The Morgan fingerprint density at radius 2 is 1.05 bits per heavy atom. The predicted octanol–water partition coefficient (Wildman–Crippen LogP) is 10.1. The van der Waals surface area contributed by atoms with Crippen LogP contribution in [0.1, 0.15) is 0 Å². The molecule has 7 aromatic rings.